The summed E-state index contributed by atoms with van der Waals surface area (Å²) in [5.41, 5.74) is 1.34. The van der Waals surface area contributed by atoms with Gasteiger partial charge >= 0.3 is 0 Å². The first-order valence-corrected chi connectivity index (χ1v) is 11.5. The van der Waals surface area contributed by atoms with Crippen molar-refractivity contribution >= 4 is 33.1 Å². The van der Waals surface area contributed by atoms with Gasteiger partial charge in [0.1, 0.15) is 11.5 Å². The zero-order valence-electron chi connectivity index (χ0n) is 17.7. The molecule has 1 unspecified atom stereocenters. The molecule has 1 saturated heterocycles. The number of anilines is 1. The van der Waals surface area contributed by atoms with Crippen molar-refractivity contribution in [2.45, 2.75) is 25.2 Å². The predicted molar refractivity (Wildman–Crippen MR) is 124 cm³/mol. The first-order valence-electron chi connectivity index (χ1n) is 10.7. The van der Waals surface area contributed by atoms with E-state index in [1.54, 1.807) is 24.1 Å². The van der Waals surface area contributed by atoms with Crippen LogP contribution in [-0.4, -0.2) is 55.8 Å². The first-order chi connectivity index (χ1) is 15.0. The van der Waals surface area contributed by atoms with E-state index in [1.807, 2.05) is 30.3 Å². The maximum absolute atomic E-state index is 14.7. The fraction of sp³-hybridized carbons (Fsp3) is 0.417. The minimum atomic E-state index is -0.575. The van der Waals surface area contributed by atoms with Gasteiger partial charge in [-0.15, -0.1) is 0 Å². The van der Waals surface area contributed by atoms with Gasteiger partial charge in [-0.3, -0.25) is 14.7 Å². The van der Waals surface area contributed by atoms with Crippen LogP contribution in [0, 0.1) is 5.82 Å². The number of halogens is 2. The van der Waals surface area contributed by atoms with Crippen LogP contribution >= 0.6 is 15.9 Å². The van der Waals surface area contributed by atoms with Crippen LogP contribution in [0.25, 0.3) is 0 Å². The molecule has 0 aromatic heterocycles. The van der Waals surface area contributed by atoms with Gasteiger partial charge in [0, 0.05) is 24.5 Å². The van der Waals surface area contributed by atoms with Crippen LogP contribution in [0.15, 0.2) is 58.1 Å². The molecule has 0 saturated carbocycles. The highest BCUT2D eigenvalue weighted by Gasteiger charge is 2.46. The summed E-state index contributed by atoms with van der Waals surface area (Å²) in [6.45, 7) is 6.32. The molecule has 4 rings (SSSR count). The minimum absolute atomic E-state index is 0.0758. The van der Waals surface area contributed by atoms with E-state index in [1.165, 1.54) is 6.07 Å². The SMILES string of the molecule is CC(=O)C1=NN(c2cc(Br)ccc2F)CC1(CCCN1CCOCC1)c1ccccc1. The molecule has 164 valence electrons. The summed E-state index contributed by atoms with van der Waals surface area (Å²) in [5.74, 6) is -0.430. The number of ether oxygens (including phenoxy) is 1. The molecule has 1 fully saturated rings. The van der Waals surface area contributed by atoms with Crippen LogP contribution < -0.4 is 5.01 Å². The summed E-state index contributed by atoms with van der Waals surface area (Å²) in [6, 6.07) is 14.8. The Morgan fingerprint density at radius 2 is 1.94 bits per heavy atom. The predicted octanol–water partition coefficient (Wildman–Crippen LogP) is 4.40. The Balaban J connectivity index is 1.66. The molecule has 0 spiro atoms. The van der Waals surface area contributed by atoms with Gasteiger partial charge in [-0.25, -0.2) is 4.39 Å². The van der Waals surface area contributed by atoms with Gasteiger partial charge in [0.15, 0.2) is 5.78 Å². The van der Waals surface area contributed by atoms with Crippen LogP contribution in [0.1, 0.15) is 25.3 Å². The zero-order chi connectivity index (χ0) is 21.8. The van der Waals surface area contributed by atoms with E-state index in [9.17, 15) is 9.18 Å². The zero-order valence-corrected chi connectivity index (χ0v) is 19.3. The van der Waals surface area contributed by atoms with E-state index in [4.69, 9.17) is 4.74 Å². The van der Waals surface area contributed by atoms with Crippen LogP contribution in [0.3, 0.4) is 0 Å². The average Bonchev–Trinajstić information content (AvgIpc) is 3.18. The number of hydrogen-bond acceptors (Lipinski definition) is 5. The van der Waals surface area contributed by atoms with Gasteiger partial charge < -0.3 is 4.74 Å². The van der Waals surface area contributed by atoms with Crippen molar-refractivity contribution in [1.82, 2.24) is 4.90 Å². The van der Waals surface area contributed by atoms with Crippen molar-refractivity contribution in [2.24, 2.45) is 5.10 Å². The van der Waals surface area contributed by atoms with Crippen molar-refractivity contribution in [3.05, 3.63) is 64.4 Å². The number of nitrogens with zero attached hydrogens (tertiary/aromatic N) is 3. The molecule has 1 atom stereocenters. The molecule has 0 radical (unpaired) electrons. The Kier molecular flexibility index (Phi) is 6.84. The molecule has 0 aliphatic carbocycles. The summed E-state index contributed by atoms with van der Waals surface area (Å²) < 4.78 is 20.9. The van der Waals surface area contributed by atoms with Crippen molar-refractivity contribution in [2.75, 3.05) is 44.4 Å². The fourth-order valence-corrected chi connectivity index (χ4v) is 4.92. The third-order valence-corrected chi connectivity index (χ3v) is 6.61. The third-order valence-electron chi connectivity index (χ3n) is 6.12. The second-order valence-corrected chi connectivity index (χ2v) is 9.08. The molecule has 0 N–H and O–H groups in total. The number of ketones is 1. The molecular weight excluding hydrogens is 461 g/mol. The van der Waals surface area contributed by atoms with E-state index in [0.29, 0.717) is 17.9 Å². The Morgan fingerprint density at radius 1 is 1.19 bits per heavy atom. The van der Waals surface area contributed by atoms with Crippen molar-refractivity contribution in [3.63, 3.8) is 0 Å². The third kappa shape index (κ3) is 4.73. The monoisotopic (exact) mass is 487 g/mol. The van der Waals surface area contributed by atoms with Gasteiger partial charge in [0.2, 0.25) is 0 Å². The van der Waals surface area contributed by atoms with Crippen LogP contribution in [-0.2, 0) is 14.9 Å². The van der Waals surface area contributed by atoms with Gasteiger partial charge in [-0.2, -0.15) is 5.10 Å². The van der Waals surface area contributed by atoms with Gasteiger partial charge in [0.25, 0.3) is 0 Å². The van der Waals surface area contributed by atoms with Crippen LogP contribution in [0.2, 0.25) is 0 Å². The van der Waals surface area contributed by atoms with E-state index in [2.05, 4.69) is 25.9 Å². The van der Waals surface area contributed by atoms with Crippen molar-refractivity contribution in [3.8, 4) is 0 Å². The molecule has 7 heteroatoms. The lowest BCUT2D eigenvalue weighted by Gasteiger charge is -2.33. The number of carbonyl (C=O) groups is 1. The summed E-state index contributed by atoms with van der Waals surface area (Å²) >= 11 is 3.42. The topological polar surface area (TPSA) is 45.1 Å². The summed E-state index contributed by atoms with van der Waals surface area (Å²) in [7, 11) is 0. The van der Waals surface area contributed by atoms with Gasteiger partial charge in [-0.1, -0.05) is 46.3 Å². The molecule has 0 amide bonds. The van der Waals surface area contributed by atoms with Gasteiger partial charge in [-0.05, 0) is 43.1 Å². The molecule has 5 nitrogen and oxygen atoms in total. The highest BCUT2D eigenvalue weighted by atomic mass is 79.9. The van der Waals surface area contributed by atoms with Crippen LogP contribution in [0.5, 0.6) is 0 Å². The maximum atomic E-state index is 14.7. The number of morpholine rings is 1. The molecule has 2 aliphatic heterocycles. The lowest BCUT2D eigenvalue weighted by Crippen LogP contribution is -2.43. The Labute approximate surface area is 191 Å². The molecule has 0 bridgehead atoms. The maximum Gasteiger partial charge on any atom is 0.176 e. The largest absolute Gasteiger partial charge is 0.379 e. The lowest BCUT2D eigenvalue weighted by molar-refractivity contribution is -0.111. The summed E-state index contributed by atoms with van der Waals surface area (Å²) in [4.78, 5) is 15.1. The smallest absolute Gasteiger partial charge is 0.176 e. The molecule has 2 aromatic rings. The summed E-state index contributed by atoms with van der Waals surface area (Å²) in [6.07, 6.45) is 1.68. The molecule has 2 heterocycles. The average molecular weight is 488 g/mol. The van der Waals surface area contributed by atoms with E-state index in [-0.39, 0.29) is 11.6 Å². The lowest BCUT2D eigenvalue weighted by atomic mass is 9.72. The molecule has 2 aromatic carbocycles. The highest BCUT2D eigenvalue weighted by Crippen LogP contribution is 2.40. The standard InChI is InChI=1S/C24H27BrFN3O2/c1-18(30)23-24(19-6-3-2-4-7-19,10-5-11-28-12-14-31-15-13-28)17-29(27-23)22-16-20(25)8-9-21(22)26/h2-4,6-9,16H,5,10-15,17H2,1H3. The van der Waals surface area contributed by atoms with Gasteiger partial charge in [0.05, 0.1) is 30.9 Å². The highest BCUT2D eigenvalue weighted by molar-refractivity contribution is 9.10. The minimum Gasteiger partial charge on any atom is -0.379 e. The second kappa shape index (κ2) is 9.59. The molecule has 2 aliphatic rings. The van der Waals surface area contributed by atoms with Crippen molar-refractivity contribution < 1.29 is 13.9 Å². The molecular formula is C24H27BrFN3O2. The van der Waals surface area contributed by atoms with E-state index >= 15 is 0 Å². The van der Waals surface area contributed by atoms with E-state index in [0.717, 1.165) is 55.7 Å². The number of Topliss-reactive ketones (excluding diaryl/α,β-unsaturated/α-hetero) is 1. The first kappa shape index (κ1) is 22.1. The van der Waals surface area contributed by atoms with Crippen molar-refractivity contribution in [1.29, 1.82) is 0 Å². The fourth-order valence-electron chi connectivity index (χ4n) is 4.57. The normalized spacial score (nSPS) is 21.9. The number of hydrazone groups is 1. The molecule has 31 heavy (non-hydrogen) atoms. The van der Waals surface area contributed by atoms with Crippen LogP contribution in [0.4, 0.5) is 10.1 Å². The number of rotatable bonds is 7. The van der Waals surface area contributed by atoms with E-state index < -0.39 is 5.41 Å². The Hall–Kier alpha value is -2.09. The second-order valence-electron chi connectivity index (χ2n) is 8.16. The Bertz CT molecular complexity index is 963. The number of benzene rings is 2. The Morgan fingerprint density at radius 3 is 2.65 bits per heavy atom. The number of carbonyl (C=O) groups excluding carboxylic acids is 1. The quantitative estimate of drug-likeness (QED) is 0.580. The summed E-state index contributed by atoms with van der Waals surface area (Å²) in [5, 5.41) is 6.31. The number of hydrogen-bond donors (Lipinski definition) is 0.